The molecule has 1 aromatic heterocycles. The number of hydrogen-bond donors (Lipinski definition) is 0. The van der Waals surface area contributed by atoms with Gasteiger partial charge in [-0.05, 0) is 18.9 Å². The second-order valence-corrected chi connectivity index (χ2v) is 7.47. The van der Waals surface area contributed by atoms with Crippen molar-refractivity contribution >= 4 is 23.8 Å². The Bertz CT molecular complexity index is 883. The van der Waals surface area contributed by atoms with Crippen LogP contribution in [-0.2, 0) is 35.2 Å². The molecule has 2 aliphatic heterocycles. The fourth-order valence-corrected chi connectivity index (χ4v) is 3.71. The quantitative estimate of drug-likeness (QED) is 0.413. The standard InChI is InChI=1S/C20H23NO7/c1-10-11(2)18(24)27-15-8-16(23)21-7-6-14(17(15)21)9-26-19(25)20(5,12(10)3)28-13(4)22/h6-7,10,12,15H,2,8-9H2,1,3-5H3/t10-,12-,15+,20+/m0/s1. The summed E-state index contributed by atoms with van der Waals surface area (Å²) in [7, 11) is 0. The van der Waals surface area contributed by atoms with Crippen LogP contribution in [0.15, 0.2) is 24.4 Å². The first-order valence-electron chi connectivity index (χ1n) is 9.06. The lowest BCUT2D eigenvalue weighted by Gasteiger charge is -2.36. The molecular weight excluding hydrogens is 366 g/mol. The molecule has 8 heteroatoms. The van der Waals surface area contributed by atoms with Gasteiger partial charge in [-0.25, -0.2) is 9.59 Å². The Balaban J connectivity index is 2.05. The normalized spacial score (nSPS) is 30.6. The van der Waals surface area contributed by atoms with Crippen molar-refractivity contribution in [2.75, 3.05) is 0 Å². The molecule has 0 bridgehead atoms. The highest BCUT2D eigenvalue weighted by molar-refractivity contribution is 5.91. The van der Waals surface area contributed by atoms with E-state index >= 15 is 0 Å². The number of rotatable bonds is 1. The van der Waals surface area contributed by atoms with Gasteiger partial charge in [0.25, 0.3) is 0 Å². The molecule has 1 aromatic rings. The van der Waals surface area contributed by atoms with Crippen molar-refractivity contribution in [2.45, 2.75) is 52.4 Å². The highest BCUT2D eigenvalue weighted by atomic mass is 16.6. The maximum atomic E-state index is 12.9. The van der Waals surface area contributed by atoms with Crippen molar-refractivity contribution < 1.29 is 33.4 Å². The fraction of sp³-hybridized carbons (Fsp3) is 0.500. The summed E-state index contributed by atoms with van der Waals surface area (Å²) in [6.07, 6.45) is 0.812. The van der Waals surface area contributed by atoms with E-state index in [4.69, 9.17) is 14.2 Å². The number of nitrogens with zero attached hydrogens (tertiary/aromatic N) is 1. The maximum Gasteiger partial charge on any atom is 0.350 e. The average Bonchev–Trinajstić information content (AvgIpc) is 3.18. The third-order valence-electron chi connectivity index (χ3n) is 5.75. The van der Waals surface area contributed by atoms with Gasteiger partial charge in [-0.2, -0.15) is 0 Å². The Morgan fingerprint density at radius 1 is 1.32 bits per heavy atom. The van der Waals surface area contributed by atoms with Crippen LogP contribution in [0.5, 0.6) is 0 Å². The van der Waals surface area contributed by atoms with Crippen molar-refractivity contribution in [1.82, 2.24) is 4.57 Å². The minimum atomic E-state index is -1.62. The molecule has 8 nitrogen and oxygen atoms in total. The molecule has 0 saturated heterocycles. The summed E-state index contributed by atoms with van der Waals surface area (Å²) in [5, 5.41) is 0. The van der Waals surface area contributed by atoms with Gasteiger partial charge in [0.2, 0.25) is 11.5 Å². The molecule has 0 N–H and O–H groups in total. The molecule has 2 aliphatic rings. The van der Waals surface area contributed by atoms with Crippen LogP contribution < -0.4 is 0 Å². The van der Waals surface area contributed by atoms with E-state index < -0.39 is 41.4 Å². The topological polar surface area (TPSA) is 101 Å². The molecule has 3 heterocycles. The number of carbonyl (C=O) groups is 4. The van der Waals surface area contributed by atoms with E-state index in [0.29, 0.717) is 11.3 Å². The molecule has 0 spiro atoms. The Hall–Kier alpha value is -2.90. The minimum Gasteiger partial charge on any atom is -0.458 e. The summed E-state index contributed by atoms with van der Waals surface area (Å²) in [5.74, 6) is -3.41. The molecule has 0 saturated carbocycles. The second kappa shape index (κ2) is 6.92. The van der Waals surface area contributed by atoms with Crippen LogP contribution in [0.3, 0.4) is 0 Å². The molecule has 0 radical (unpaired) electrons. The summed E-state index contributed by atoms with van der Waals surface area (Å²) in [4.78, 5) is 49.4. The summed E-state index contributed by atoms with van der Waals surface area (Å²) < 4.78 is 17.7. The molecule has 0 fully saturated rings. The second-order valence-electron chi connectivity index (χ2n) is 7.47. The minimum absolute atomic E-state index is 0.0191. The number of cyclic esters (lactones) is 1. The molecule has 0 unspecified atom stereocenters. The van der Waals surface area contributed by atoms with E-state index in [2.05, 4.69) is 6.58 Å². The van der Waals surface area contributed by atoms with Crippen molar-refractivity contribution in [3.63, 3.8) is 0 Å². The van der Waals surface area contributed by atoms with Gasteiger partial charge < -0.3 is 14.2 Å². The van der Waals surface area contributed by atoms with Gasteiger partial charge >= 0.3 is 17.9 Å². The number of aromatic nitrogens is 1. The largest absolute Gasteiger partial charge is 0.458 e. The molecular formula is C20H23NO7. The summed E-state index contributed by atoms with van der Waals surface area (Å²) >= 11 is 0. The molecule has 0 aromatic carbocycles. The van der Waals surface area contributed by atoms with Gasteiger partial charge in [0.05, 0.1) is 12.1 Å². The predicted octanol–water partition coefficient (Wildman–Crippen LogP) is 2.32. The lowest BCUT2D eigenvalue weighted by molar-refractivity contribution is -0.188. The third kappa shape index (κ3) is 3.12. The summed E-state index contributed by atoms with van der Waals surface area (Å²) in [6.45, 7) is 9.71. The first-order chi connectivity index (χ1) is 13.1. The molecule has 28 heavy (non-hydrogen) atoms. The third-order valence-corrected chi connectivity index (χ3v) is 5.75. The first kappa shape index (κ1) is 19.9. The van der Waals surface area contributed by atoms with Crippen molar-refractivity contribution in [1.29, 1.82) is 0 Å². The molecule has 3 rings (SSSR count). The smallest absolute Gasteiger partial charge is 0.350 e. The zero-order chi connectivity index (χ0) is 20.8. The fourth-order valence-electron chi connectivity index (χ4n) is 3.71. The Morgan fingerprint density at radius 3 is 2.64 bits per heavy atom. The van der Waals surface area contributed by atoms with Gasteiger partial charge in [-0.3, -0.25) is 14.2 Å². The van der Waals surface area contributed by atoms with Gasteiger partial charge in [0.15, 0.2) is 6.10 Å². The monoisotopic (exact) mass is 389 g/mol. The lowest BCUT2D eigenvalue weighted by atomic mass is 9.77. The Labute approximate surface area is 162 Å². The molecule has 4 atom stereocenters. The Kier molecular flexibility index (Phi) is 4.91. The molecule has 0 aliphatic carbocycles. The first-order valence-corrected chi connectivity index (χ1v) is 9.06. The van der Waals surface area contributed by atoms with E-state index in [-0.39, 0.29) is 24.5 Å². The molecule has 150 valence electrons. The number of hydrogen-bond acceptors (Lipinski definition) is 7. The zero-order valence-corrected chi connectivity index (χ0v) is 16.3. The van der Waals surface area contributed by atoms with Crippen LogP contribution in [0, 0.1) is 11.8 Å². The van der Waals surface area contributed by atoms with Crippen molar-refractivity contribution in [3.05, 3.63) is 35.7 Å². The van der Waals surface area contributed by atoms with E-state index in [9.17, 15) is 19.2 Å². The average molecular weight is 389 g/mol. The van der Waals surface area contributed by atoms with Gasteiger partial charge in [-0.1, -0.05) is 20.4 Å². The van der Waals surface area contributed by atoms with Crippen LogP contribution in [0.4, 0.5) is 0 Å². The number of ether oxygens (including phenoxy) is 3. The lowest BCUT2D eigenvalue weighted by Crippen LogP contribution is -2.49. The summed E-state index contributed by atoms with van der Waals surface area (Å²) in [5.41, 5.74) is -0.465. The highest BCUT2D eigenvalue weighted by Crippen LogP contribution is 2.38. The van der Waals surface area contributed by atoms with E-state index in [1.54, 1.807) is 26.1 Å². The SMILES string of the molecule is C=C1C(=O)O[C@@H]2CC(=O)n3ccc(c32)COC(=O)[C@](C)(OC(C)=O)[C@@H](C)[C@H]1C. The van der Waals surface area contributed by atoms with Crippen LogP contribution in [0.1, 0.15) is 56.3 Å². The molecule has 0 amide bonds. The van der Waals surface area contributed by atoms with E-state index in [0.717, 1.165) is 0 Å². The van der Waals surface area contributed by atoms with Crippen molar-refractivity contribution in [2.24, 2.45) is 11.8 Å². The van der Waals surface area contributed by atoms with E-state index in [1.165, 1.54) is 18.4 Å². The van der Waals surface area contributed by atoms with Crippen LogP contribution in [0.2, 0.25) is 0 Å². The predicted molar refractivity (Wildman–Crippen MR) is 95.9 cm³/mol. The van der Waals surface area contributed by atoms with Gasteiger partial charge in [0, 0.05) is 30.2 Å². The highest BCUT2D eigenvalue weighted by Gasteiger charge is 2.48. The van der Waals surface area contributed by atoms with Crippen molar-refractivity contribution in [3.8, 4) is 0 Å². The Morgan fingerprint density at radius 2 is 2.00 bits per heavy atom. The van der Waals surface area contributed by atoms with Crippen LogP contribution in [0.25, 0.3) is 0 Å². The van der Waals surface area contributed by atoms with Gasteiger partial charge in [0.1, 0.15) is 6.61 Å². The zero-order valence-electron chi connectivity index (χ0n) is 16.3. The number of esters is 3. The van der Waals surface area contributed by atoms with E-state index in [1.807, 2.05) is 0 Å². The summed E-state index contributed by atoms with van der Waals surface area (Å²) in [6, 6.07) is 1.64. The maximum absolute atomic E-state index is 12.9. The van der Waals surface area contributed by atoms with Crippen LogP contribution in [-0.4, -0.2) is 34.0 Å². The number of carbonyl (C=O) groups excluding carboxylic acids is 4. The van der Waals surface area contributed by atoms with Gasteiger partial charge in [-0.15, -0.1) is 0 Å². The van der Waals surface area contributed by atoms with Crippen LogP contribution >= 0.6 is 0 Å².